The molecule has 0 aliphatic rings. The Hall–Kier alpha value is -1.32. The molecule has 1 nitrogen and oxygen atoms in total. The molecule has 0 spiro atoms. The third-order valence-electron chi connectivity index (χ3n) is 2.34. The zero-order chi connectivity index (χ0) is 11.6. The Bertz CT molecular complexity index is 388. The first-order chi connectivity index (χ1) is 6.97. The topological polar surface area (TPSA) is 17.1 Å². The van der Waals surface area contributed by atoms with Crippen molar-refractivity contribution in [3.63, 3.8) is 0 Å². The van der Waals surface area contributed by atoms with Gasteiger partial charge in [-0.2, -0.15) is 0 Å². The van der Waals surface area contributed by atoms with Gasteiger partial charge in [0.25, 0.3) is 0 Å². The average molecular weight is 216 g/mol. The molecule has 0 radical (unpaired) electrons. The van der Waals surface area contributed by atoms with Crippen LogP contribution in [0.4, 0.5) is 13.2 Å². The number of carbonyl (C=O) groups is 1. The third-order valence-corrected chi connectivity index (χ3v) is 2.34. The molecule has 1 unspecified atom stereocenters. The van der Waals surface area contributed by atoms with Gasteiger partial charge in [-0.15, -0.1) is 0 Å². The van der Waals surface area contributed by atoms with Crippen LogP contribution >= 0.6 is 0 Å². The summed E-state index contributed by atoms with van der Waals surface area (Å²) in [6.07, 6.45) is 0.525. The summed E-state index contributed by atoms with van der Waals surface area (Å²) in [7, 11) is 0. The Morgan fingerprint density at radius 2 is 1.73 bits per heavy atom. The summed E-state index contributed by atoms with van der Waals surface area (Å²) in [5.74, 6) is -4.41. The number of benzene rings is 1. The van der Waals surface area contributed by atoms with Crippen molar-refractivity contribution in [2.45, 2.75) is 20.3 Å². The van der Waals surface area contributed by atoms with Crippen LogP contribution in [0.15, 0.2) is 12.1 Å². The van der Waals surface area contributed by atoms with E-state index in [9.17, 15) is 18.0 Å². The van der Waals surface area contributed by atoms with Gasteiger partial charge in [0, 0.05) is 12.0 Å². The van der Waals surface area contributed by atoms with Gasteiger partial charge in [0.1, 0.15) is 5.82 Å². The van der Waals surface area contributed by atoms with Crippen molar-refractivity contribution in [3.05, 3.63) is 35.1 Å². The third kappa shape index (κ3) is 2.37. The van der Waals surface area contributed by atoms with Gasteiger partial charge in [-0.25, -0.2) is 13.2 Å². The molecular weight excluding hydrogens is 205 g/mol. The van der Waals surface area contributed by atoms with Crippen molar-refractivity contribution in [1.29, 1.82) is 0 Å². The molecule has 1 rings (SSSR count). The zero-order valence-corrected chi connectivity index (χ0v) is 8.48. The Labute approximate surface area is 85.9 Å². The van der Waals surface area contributed by atoms with Gasteiger partial charge >= 0.3 is 0 Å². The Morgan fingerprint density at radius 1 is 1.20 bits per heavy atom. The zero-order valence-electron chi connectivity index (χ0n) is 8.48. The number of hydrogen-bond donors (Lipinski definition) is 0. The summed E-state index contributed by atoms with van der Waals surface area (Å²) in [6.45, 7) is 3.38. The molecular formula is C11H11F3O. The molecule has 1 aromatic carbocycles. The second-order valence-corrected chi connectivity index (χ2v) is 3.42. The van der Waals surface area contributed by atoms with Gasteiger partial charge in [0.05, 0.1) is 5.56 Å². The summed E-state index contributed by atoms with van der Waals surface area (Å²) < 4.78 is 38.5. The fourth-order valence-electron chi connectivity index (χ4n) is 1.16. The minimum absolute atomic E-state index is 0.386. The lowest BCUT2D eigenvalue weighted by Crippen LogP contribution is -2.13. The van der Waals surface area contributed by atoms with Crippen LogP contribution in [-0.4, -0.2) is 5.78 Å². The predicted molar refractivity (Wildman–Crippen MR) is 50.1 cm³/mol. The maximum absolute atomic E-state index is 13.2. The van der Waals surface area contributed by atoms with Crippen LogP contribution in [0.25, 0.3) is 0 Å². The van der Waals surface area contributed by atoms with Crippen molar-refractivity contribution in [2.75, 3.05) is 0 Å². The highest BCUT2D eigenvalue weighted by Crippen LogP contribution is 2.18. The van der Waals surface area contributed by atoms with E-state index in [1.54, 1.807) is 13.8 Å². The minimum atomic E-state index is -1.28. The van der Waals surface area contributed by atoms with Crippen molar-refractivity contribution in [2.24, 2.45) is 5.92 Å². The predicted octanol–water partition coefficient (Wildman–Crippen LogP) is 3.33. The molecule has 4 heteroatoms. The number of hydrogen-bond acceptors (Lipinski definition) is 1. The normalized spacial score (nSPS) is 12.6. The summed E-state index contributed by atoms with van der Waals surface area (Å²) in [5.41, 5.74) is -0.386. The number of halogens is 3. The Morgan fingerprint density at radius 3 is 2.27 bits per heavy atom. The number of carbonyl (C=O) groups excluding carboxylic acids is 1. The first-order valence-electron chi connectivity index (χ1n) is 4.66. The van der Waals surface area contributed by atoms with E-state index >= 15 is 0 Å². The van der Waals surface area contributed by atoms with Crippen LogP contribution in [0.3, 0.4) is 0 Å². The second-order valence-electron chi connectivity index (χ2n) is 3.42. The molecule has 0 amide bonds. The smallest absolute Gasteiger partial charge is 0.168 e. The van der Waals surface area contributed by atoms with Gasteiger partial charge in [0.2, 0.25) is 0 Å². The fraction of sp³-hybridized carbons (Fsp3) is 0.364. The molecule has 15 heavy (non-hydrogen) atoms. The van der Waals surface area contributed by atoms with Gasteiger partial charge in [0.15, 0.2) is 17.4 Å². The number of ketones is 1. The second kappa shape index (κ2) is 4.47. The summed E-state index contributed by atoms with van der Waals surface area (Å²) in [4.78, 5) is 11.5. The Kier molecular flexibility index (Phi) is 3.50. The first kappa shape index (κ1) is 11.8. The van der Waals surface area contributed by atoms with E-state index in [-0.39, 0.29) is 5.56 Å². The standard InChI is InChI=1S/C11H11F3O/c1-3-6(2)11(15)7-4-9(13)10(14)5-8(7)12/h4-6H,3H2,1-2H3. The maximum atomic E-state index is 13.2. The Balaban J connectivity index is 3.15. The van der Waals surface area contributed by atoms with E-state index in [1.807, 2.05) is 0 Å². The number of Topliss-reactive ketones (excluding diaryl/α,β-unsaturated/α-hetero) is 1. The SMILES string of the molecule is CCC(C)C(=O)c1cc(F)c(F)cc1F. The lowest BCUT2D eigenvalue weighted by Gasteiger charge is -2.08. The molecule has 0 aromatic heterocycles. The van der Waals surface area contributed by atoms with Crippen LogP contribution in [0.1, 0.15) is 30.6 Å². The molecule has 0 fully saturated rings. The lowest BCUT2D eigenvalue weighted by molar-refractivity contribution is 0.0922. The van der Waals surface area contributed by atoms with Gasteiger partial charge in [-0.3, -0.25) is 4.79 Å². The van der Waals surface area contributed by atoms with Crippen LogP contribution in [0, 0.1) is 23.4 Å². The minimum Gasteiger partial charge on any atom is -0.294 e. The van der Waals surface area contributed by atoms with Gasteiger partial charge in [-0.05, 0) is 12.5 Å². The molecule has 0 saturated carbocycles. The fourth-order valence-corrected chi connectivity index (χ4v) is 1.16. The molecule has 0 aliphatic carbocycles. The molecule has 82 valence electrons. The monoisotopic (exact) mass is 216 g/mol. The highest BCUT2D eigenvalue weighted by molar-refractivity contribution is 5.97. The van der Waals surface area contributed by atoms with Crippen molar-refractivity contribution >= 4 is 5.78 Å². The maximum Gasteiger partial charge on any atom is 0.168 e. The van der Waals surface area contributed by atoms with E-state index in [0.29, 0.717) is 18.6 Å². The average Bonchev–Trinajstić information content (AvgIpc) is 2.21. The van der Waals surface area contributed by atoms with Crippen LogP contribution in [0.2, 0.25) is 0 Å². The van der Waals surface area contributed by atoms with Crippen molar-refractivity contribution in [3.8, 4) is 0 Å². The summed E-state index contributed by atoms with van der Waals surface area (Å²) >= 11 is 0. The summed E-state index contributed by atoms with van der Waals surface area (Å²) in [6, 6.07) is 1.00. The van der Waals surface area contributed by atoms with E-state index < -0.39 is 29.2 Å². The highest BCUT2D eigenvalue weighted by atomic mass is 19.2. The van der Waals surface area contributed by atoms with Crippen LogP contribution in [-0.2, 0) is 0 Å². The van der Waals surface area contributed by atoms with Gasteiger partial charge < -0.3 is 0 Å². The largest absolute Gasteiger partial charge is 0.294 e. The first-order valence-corrected chi connectivity index (χ1v) is 4.66. The van der Waals surface area contributed by atoms with Crippen molar-refractivity contribution < 1.29 is 18.0 Å². The highest BCUT2D eigenvalue weighted by Gasteiger charge is 2.19. The van der Waals surface area contributed by atoms with Gasteiger partial charge in [-0.1, -0.05) is 13.8 Å². The quantitative estimate of drug-likeness (QED) is 0.559. The molecule has 0 saturated heterocycles. The molecule has 0 heterocycles. The number of rotatable bonds is 3. The lowest BCUT2D eigenvalue weighted by atomic mass is 9.97. The van der Waals surface area contributed by atoms with E-state index in [0.717, 1.165) is 0 Å². The van der Waals surface area contributed by atoms with Crippen LogP contribution < -0.4 is 0 Å². The molecule has 0 aliphatic heterocycles. The molecule has 0 bridgehead atoms. The van der Waals surface area contributed by atoms with E-state index in [1.165, 1.54) is 0 Å². The van der Waals surface area contributed by atoms with E-state index in [4.69, 9.17) is 0 Å². The summed E-state index contributed by atoms with van der Waals surface area (Å²) in [5, 5.41) is 0. The molecule has 1 atom stereocenters. The molecule has 0 N–H and O–H groups in total. The molecule has 1 aromatic rings. The van der Waals surface area contributed by atoms with Crippen molar-refractivity contribution in [1.82, 2.24) is 0 Å². The van der Waals surface area contributed by atoms with E-state index in [2.05, 4.69) is 0 Å². The van der Waals surface area contributed by atoms with Crippen LogP contribution in [0.5, 0.6) is 0 Å².